The van der Waals surface area contributed by atoms with Crippen molar-refractivity contribution in [1.29, 1.82) is 0 Å². The summed E-state index contributed by atoms with van der Waals surface area (Å²) in [6, 6.07) is 5.53. The van der Waals surface area contributed by atoms with E-state index in [4.69, 9.17) is 30.2 Å². The van der Waals surface area contributed by atoms with Gasteiger partial charge < -0.3 is 23.9 Å². The molecule has 164 valence electrons. The monoisotopic (exact) mass is 457 g/mol. The first-order valence-electron chi connectivity index (χ1n) is 9.09. The van der Waals surface area contributed by atoms with E-state index in [0.717, 1.165) is 6.07 Å². The van der Waals surface area contributed by atoms with Gasteiger partial charge in [-0.3, -0.25) is 4.79 Å². The lowest BCUT2D eigenvalue weighted by atomic mass is 10.2. The van der Waals surface area contributed by atoms with E-state index in [1.54, 1.807) is 0 Å². The highest BCUT2D eigenvalue weighted by atomic mass is 35.5. The van der Waals surface area contributed by atoms with Gasteiger partial charge in [-0.2, -0.15) is 13.2 Å². The van der Waals surface area contributed by atoms with Gasteiger partial charge in [0.2, 0.25) is 0 Å². The molecule has 0 saturated carbocycles. The number of carbonyl (C=O) groups excluding carboxylic acids is 1. The molecule has 31 heavy (non-hydrogen) atoms. The van der Waals surface area contributed by atoms with Crippen LogP contribution in [0.2, 0.25) is 5.02 Å². The quantitative estimate of drug-likeness (QED) is 0.594. The van der Waals surface area contributed by atoms with E-state index >= 15 is 0 Å². The fraction of sp³-hybridized carbons (Fsp3) is 0.316. The zero-order valence-corrected chi connectivity index (χ0v) is 16.5. The van der Waals surface area contributed by atoms with Crippen molar-refractivity contribution in [1.82, 2.24) is 15.3 Å². The number of alkyl halides is 3. The molecule has 1 N–H and O–H groups in total. The number of carbonyl (C=O) groups is 1. The van der Waals surface area contributed by atoms with Crippen molar-refractivity contribution in [2.24, 2.45) is 0 Å². The van der Waals surface area contributed by atoms with Crippen LogP contribution in [0, 0.1) is 0 Å². The molecule has 1 atom stereocenters. The average molecular weight is 458 g/mol. The van der Waals surface area contributed by atoms with Gasteiger partial charge in [-0.1, -0.05) is 11.6 Å². The zero-order valence-electron chi connectivity index (χ0n) is 15.7. The van der Waals surface area contributed by atoms with Crippen molar-refractivity contribution < 1.29 is 36.6 Å². The van der Waals surface area contributed by atoms with E-state index in [9.17, 15) is 18.0 Å². The highest BCUT2D eigenvalue weighted by Gasteiger charge is 2.29. The molecule has 1 unspecified atom stereocenters. The van der Waals surface area contributed by atoms with Gasteiger partial charge in [0.15, 0.2) is 17.9 Å². The molecule has 8 nitrogen and oxygen atoms in total. The molecule has 1 saturated heterocycles. The number of rotatable bonds is 6. The Hall–Kier alpha value is -3.05. The number of hydrogen-bond acceptors (Lipinski definition) is 7. The summed E-state index contributed by atoms with van der Waals surface area (Å²) >= 11 is 5.79. The summed E-state index contributed by atoms with van der Waals surface area (Å²) in [5.41, 5.74) is 0.648. The molecule has 3 aromatic rings. The van der Waals surface area contributed by atoms with Gasteiger partial charge in [0.25, 0.3) is 11.8 Å². The molecule has 0 bridgehead atoms. The molecular formula is C19H15ClF3N3O5. The highest BCUT2D eigenvalue weighted by molar-refractivity contribution is 6.30. The minimum Gasteiger partial charge on any atom is -0.478 e. The molecule has 1 aliphatic heterocycles. The number of nitrogens with one attached hydrogen (secondary N) is 1. The Labute approximate surface area is 178 Å². The summed E-state index contributed by atoms with van der Waals surface area (Å²) < 4.78 is 58.5. The number of nitrogens with zero attached hydrogens (tertiary/aromatic N) is 2. The maximum absolute atomic E-state index is 12.5. The number of benzene rings is 1. The van der Waals surface area contributed by atoms with Crippen molar-refractivity contribution in [2.75, 3.05) is 19.8 Å². The van der Waals surface area contributed by atoms with E-state index in [2.05, 4.69) is 15.3 Å². The number of amides is 1. The molecule has 12 heteroatoms. The van der Waals surface area contributed by atoms with Crippen LogP contribution in [0.15, 0.2) is 34.9 Å². The van der Waals surface area contributed by atoms with Gasteiger partial charge in [-0.15, -0.1) is 0 Å². The summed E-state index contributed by atoms with van der Waals surface area (Å²) in [6.07, 6.45) is -2.63. The fourth-order valence-corrected chi connectivity index (χ4v) is 2.97. The minimum atomic E-state index is -4.54. The Morgan fingerprint density at radius 3 is 2.90 bits per heavy atom. The molecule has 0 aliphatic carbocycles. The summed E-state index contributed by atoms with van der Waals surface area (Å²) in [5.74, 6) is -0.909. The van der Waals surface area contributed by atoms with Gasteiger partial charge in [-0.05, 0) is 18.6 Å². The van der Waals surface area contributed by atoms with Gasteiger partial charge in [0.1, 0.15) is 11.3 Å². The van der Waals surface area contributed by atoms with E-state index in [1.165, 1.54) is 24.4 Å². The van der Waals surface area contributed by atoms with Gasteiger partial charge in [0, 0.05) is 24.9 Å². The van der Waals surface area contributed by atoms with Gasteiger partial charge in [-0.25, -0.2) is 9.97 Å². The smallest absolute Gasteiger partial charge is 0.422 e. The number of aromatic nitrogens is 2. The van der Waals surface area contributed by atoms with Crippen molar-refractivity contribution >= 4 is 28.6 Å². The molecule has 0 spiro atoms. The van der Waals surface area contributed by atoms with Crippen LogP contribution < -0.4 is 14.8 Å². The van der Waals surface area contributed by atoms with Crippen molar-refractivity contribution in [3.8, 4) is 17.4 Å². The number of fused-ring (bicyclic) bond motifs is 1. The second kappa shape index (κ2) is 8.60. The molecule has 4 rings (SSSR count). The van der Waals surface area contributed by atoms with Crippen LogP contribution >= 0.6 is 11.6 Å². The van der Waals surface area contributed by atoms with E-state index in [0.29, 0.717) is 25.2 Å². The lowest BCUT2D eigenvalue weighted by Crippen LogP contribution is -2.35. The van der Waals surface area contributed by atoms with Crippen LogP contribution in [0.25, 0.3) is 11.1 Å². The minimum absolute atomic E-state index is 0.0820. The van der Waals surface area contributed by atoms with Crippen molar-refractivity contribution in [2.45, 2.75) is 18.6 Å². The Morgan fingerprint density at radius 1 is 1.32 bits per heavy atom. The van der Waals surface area contributed by atoms with Crippen LogP contribution in [0.4, 0.5) is 13.2 Å². The second-order valence-corrected chi connectivity index (χ2v) is 7.08. The topological polar surface area (TPSA) is 95.7 Å². The largest absolute Gasteiger partial charge is 0.478 e. The number of hydrogen-bond donors (Lipinski definition) is 1. The summed E-state index contributed by atoms with van der Waals surface area (Å²) in [4.78, 5) is 20.3. The number of pyridine rings is 1. The Balaban J connectivity index is 1.52. The third-order valence-electron chi connectivity index (χ3n) is 4.21. The Kier molecular flexibility index (Phi) is 5.88. The molecule has 1 aromatic carbocycles. The molecule has 1 amide bonds. The second-order valence-electron chi connectivity index (χ2n) is 6.65. The Bertz CT molecular complexity index is 1100. The van der Waals surface area contributed by atoms with Crippen LogP contribution in [-0.4, -0.2) is 47.9 Å². The van der Waals surface area contributed by atoms with Crippen molar-refractivity contribution in [3.63, 3.8) is 0 Å². The molecule has 1 fully saturated rings. The van der Waals surface area contributed by atoms with Crippen LogP contribution in [0.5, 0.6) is 17.4 Å². The molecule has 0 radical (unpaired) electrons. The third-order valence-corrected chi connectivity index (χ3v) is 4.42. The lowest BCUT2D eigenvalue weighted by molar-refractivity contribution is -0.153. The first-order chi connectivity index (χ1) is 14.8. The Morgan fingerprint density at radius 2 is 2.16 bits per heavy atom. The molecular weight excluding hydrogens is 443 g/mol. The van der Waals surface area contributed by atoms with Gasteiger partial charge in [0.05, 0.1) is 17.7 Å². The van der Waals surface area contributed by atoms with E-state index in [1.807, 2.05) is 0 Å². The number of halogens is 4. The highest BCUT2D eigenvalue weighted by Crippen LogP contribution is 2.34. The summed E-state index contributed by atoms with van der Waals surface area (Å²) in [6.45, 7) is -0.527. The molecule has 2 aromatic heterocycles. The fourth-order valence-electron chi connectivity index (χ4n) is 2.82. The number of ether oxygens (including phenoxy) is 3. The standard InChI is InChI=1S/C19H15ClF3N3O5/c20-10-5-15(29-9-19(21,22)23)17(24-7-10)30-12-1-2-13-14(6-12)31-18(26-13)16(27)25-11-3-4-28-8-11/h1-2,5-7,11H,3-4,8-9H2,(H,25,27). The summed E-state index contributed by atoms with van der Waals surface area (Å²) in [5, 5.41) is 2.85. The first kappa shape index (κ1) is 21.2. The van der Waals surface area contributed by atoms with Gasteiger partial charge >= 0.3 is 12.1 Å². The van der Waals surface area contributed by atoms with E-state index < -0.39 is 18.7 Å². The maximum atomic E-state index is 12.5. The van der Waals surface area contributed by atoms with Crippen LogP contribution in [-0.2, 0) is 4.74 Å². The molecule has 3 heterocycles. The zero-order chi connectivity index (χ0) is 22.0. The normalized spacial score (nSPS) is 16.5. The predicted molar refractivity (Wildman–Crippen MR) is 102 cm³/mol. The SMILES string of the molecule is O=C(NC1CCOC1)c1nc2ccc(Oc3ncc(Cl)cc3OCC(F)(F)F)cc2o1. The van der Waals surface area contributed by atoms with E-state index in [-0.39, 0.29) is 39.9 Å². The molecule has 1 aliphatic rings. The maximum Gasteiger partial charge on any atom is 0.422 e. The van der Waals surface area contributed by atoms with Crippen molar-refractivity contribution in [3.05, 3.63) is 41.4 Å². The lowest BCUT2D eigenvalue weighted by Gasteiger charge is -2.13. The average Bonchev–Trinajstić information content (AvgIpc) is 3.36. The first-order valence-corrected chi connectivity index (χ1v) is 9.47. The van der Waals surface area contributed by atoms with Crippen LogP contribution in [0.3, 0.4) is 0 Å². The summed E-state index contributed by atoms with van der Waals surface area (Å²) in [7, 11) is 0. The third kappa shape index (κ3) is 5.36. The predicted octanol–water partition coefficient (Wildman–Crippen LogP) is 4.13. The van der Waals surface area contributed by atoms with Crippen LogP contribution in [0.1, 0.15) is 17.1 Å². The number of oxazole rings is 1.